The summed E-state index contributed by atoms with van der Waals surface area (Å²) in [7, 11) is 0. The molecule has 0 fully saturated rings. The second-order valence-corrected chi connectivity index (χ2v) is 4.56. The van der Waals surface area contributed by atoms with E-state index >= 15 is 0 Å². The van der Waals surface area contributed by atoms with Crippen LogP contribution >= 0.6 is 11.8 Å². The standard InChI is InChI=1S/C13H10O2S/c1-9-4-2-3-5-12(9)16-13-8-10(14)6-7-11(13)15/h2-8H,1H3. The summed E-state index contributed by atoms with van der Waals surface area (Å²) in [6.45, 7) is 1.98. The Bertz CT molecular complexity index is 512. The molecular formula is C13H10O2S. The zero-order chi connectivity index (χ0) is 11.5. The molecule has 80 valence electrons. The summed E-state index contributed by atoms with van der Waals surface area (Å²) in [5, 5.41) is 0. The predicted octanol–water partition coefficient (Wildman–Crippen LogP) is 2.68. The molecule has 1 aromatic carbocycles. The maximum Gasteiger partial charge on any atom is 0.192 e. The fourth-order valence-corrected chi connectivity index (χ4v) is 2.31. The lowest BCUT2D eigenvalue weighted by atomic mass is 10.2. The number of ketones is 2. The van der Waals surface area contributed by atoms with E-state index < -0.39 is 0 Å². The molecule has 3 heteroatoms. The van der Waals surface area contributed by atoms with Crippen molar-refractivity contribution in [1.29, 1.82) is 0 Å². The number of benzene rings is 1. The Kier molecular flexibility index (Phi) is 3.06. The van der Waals surface area contributed by atoms with Crippen molar-refractivity contribution in [3.63, 3.8) is 0 Å². The molecule has 1 aliphatic carbocycles. The summed E-state index contributed by atoms with van der Waals surface area (Å²) in [5.41, 5.74) is 1.10. The third kappa shape index (κ3) is 2.31. The third-order valence-corrected chi connectivity index (χ3v) is 3.45. The number of hydrogen-bond donors (Lipinski definition) is 0. The van der Waals surface area contributed by atoms with Crippen LogP contribution in [0.25, 0.3) is 0 Å². The van der Waals surface area contributed by atoms with Crippen LogP contribution < -0.4 is 0 Å². The Hall–Kier alpha value is -1.61. The van der Waals surface area contributed by atoms with Crippen LogP contribution in [0.1, 0.15) is 5.56 Å². The number of allylic oxidation sites excluding steroid dienone is 4. The van der Waals surface area contributed by atoms with Crippen molar-refractivity contribution in [1.82, 2.24) is 0 Å². The Labute approximate surface area is 98.0 Å². The highest BCUT2D eigenvalue weighted by Gasteiger charge is 2.14. The van der Waals surface area contributed by atoms with Crippen LogP contribution in [-0.2, 0) is 9.59 Å². The van der Waals surface area contributed by atoms with E-state index in [-0.39, 0.29) is 11.6 Å². The molecule has 0 saturated heterocycles. The predicted molar refractivity (Wildman–Crippen MR) is 64.3 cm³/mol. The van der Waals surface area contributed by atoms with Crippen LogP contribution in [0.15, 0.2) is 52.3 Å². The minimum Gasteiger partial charge on any atom is -0.290 e. The summed E-state index contributed by atoms with van der Waals surface area (Å²) in [6, 6.07) is 7.78. The molecule has 0 heterocycles. The topological polar surface area (TPSA) is 34.1 Å². The molecule has 0 atom stereocenters. The average Bonchev–Trinajstić information content (AvgIpc) is 2.27. The van der Waals surface area contributed by atoms with E-state index in [1.807, 2.05) is 31.2 Å². The lowest BCUT2D eigenvalue weighted by molar-refractivity contribution is -0.114. The minimum absolute atomic E-state index is 0.104. The van der Waals surface area contributed by atoms with Crippen molar-refractivity contribution in [2.45, 2.75) is 11.8 Å². The molecule has 0 saturated carbocycles. The molecule has 0 N–H and O–H groups in total. The number of rotatable bonds is 2. The molecule has 1 aliphatic rings. The Morgan fingerprint density at radius 1 is 1.06 bits per heavy atom. The minimum atomic E-state index is -0.129. The van der Waals surface area contributed by atoms with Crippen molar-refractivity contribution in [3.8, 4) is 0 Å². The molecule has 2 rings (SSSR count). The number of carbonyl (C=O) groups is 2. The number of hydrogen-bond acceptors (Lipinski definition) is 3. The van der Waals surface area contributed by atoms with E-state index in [9.17, 15) is 9.59 Å². The van der Waals surface area contributed by atoms with Gasteiger partial charge in [0.1, 0.15) is 0 Å². The lowest BCUT2D eigenvalue weighted by Gasteiger charge is -2.08. The van der Waals surface area contributed by atoms with Crippen molar-refractivity contribution < 1.29 is 9.59 Å². The Morgan fingerprint density at radius 3 is 2.56 bits per heavy atom. The molecule has 0 unspecified atom stereocenters. The van der Waals surface area contributed by atoms with Gasteiger partial charge in [0.05, 0.1) is 4.91 Å². The van der Waals surface area contributed by atoms with Gasteiger partial charge in [-0.25, -0.2) is 0 Å². The van der Waals surface area contributed by atoms with Gasteiger partial charge < -0.3 is 0 Å². The first-order valence-corrected chi connectivity index (χ1v) is 5.70. The first-order valence-electron chi connectivity index (χ1n) is 4.88. The van der Waals surface area contributed by atoms with Crippen molar-refractivity contribution in [3.05, 3.63) is 53.0 Å². The van der Waals surface area contributed by atoms with Crippen LogP contribution in [0, 0.1) is 6.92 Å². The van der Waals surface area contributed by atoms with Crippen LogP contribution in [0.3, 0.4) is 0 Å². The highest BCUT2D eigenvalue weighted by molar-refractivity contribution is 8.04. The van der Waals surface area contributed by atoms with Gasteiger partial charge in [0.25, 0.3) is 0 Å². The summed E-state index contributed by atoms with van der Waals surface area (Å²) in [5.74, 6) is -0.233. The van der Waals surface area contributed by atoms with Crippen LogP contribution in [0.4, 0.5) is 0 Å². The van der Waals surface area contributed by atoms with E-state index in [1.165, 1.54) is 30.0 Å². The lowest BCUT2D eigenvalue weighted by Crippen LogP contribution is -2.04. The first kappa shape index (κ1) is 10.9. The van der Waals surface area contributed by atoms with Crippen molar-refractivity contribution in [2.75, 3.05) is 0 Å². The third-order valence-electron chi connectivity index (χ3n) is 2.23. The molecule has 0 aliphatic heterocycles. The quantitative estimate of drug-likeness (QED) is 0.732. The van der Waals surface area contributed by atoms with Gasteiger partial charge in [-0.1, -0.05) is 30.0 Å². The Balaban J connectivity index is 2.26. The molecule has 2 nitrogen and oxygen atoms in total. The van der Waals surface area contributed by atoms with E-state index in [2.05, 4.69) is 0 Å². The maximum atomic E-state index is 11.5. The molecule has 0 aromatic heterocycles. The van der Waals surface area contributed by atoms with Gasteiger partial charge in [-0.2, -0.15) is 0 Å². The summed E-state index contributed by atoms with van der Waals surface area (Å²) in [6.07, 6.45) is 4.01. The van der Waals surface area contributed by atoms with Gasteiger partial charge in [0, 0.05) is 11.0 Å². The van der Waals surface area contributed by atoms with Gasteiger partial charge in [-0.3, -0.25) is 9.59 Å². The van der Waals surface area contributed by atoms with E-state index in [1.54, 1.807) is 0 Å². The van der Waals surface area contributed by atoms with Crippen molar-refractivity contribution >= 4 is 23.3 Å². The average molecular weight is 230 g/mol. The first-order chi connectivity index (χ1) is 7.66. The normalized spacial score (nSPS) is 15.2. The summed E-state index contributed by atoms with van der Waals surface area (Å²) >= 11 is 1.34. The fraction of sp³-hybridized carbons (Fsp3) is 0.0769. The van der Waals surface area contributed by atoms with E-state index in [0.717, 1.165) is 10.5 Å². The monoisotopic (exact) mass is 230 g/mol. The fourth-order valence-electron chi connectivity index (χ4n) is 1.36. The van der Waals surface area contributed by atoms with E-state index in [0.29, 0.717) is 4.91 Å². The molecule has 0 bridgehead atoms. The SMILES string of the molecule is Cc1ccccc1SC1=CC(=O)C=CC1=O. The molecule has 16 heavy (non-hydrogen) atoms. The molecule has 0 amide bonds. The molecule has 0 radical (unpaired) electrons. The molecule has 1 aromatic rings. The van der Waals surface area contributed by atoms with Crippen LogP contribution in [-0.4, -0.2) is 11.6 Å². The number of aryl methyl sites for hydroxylation is 1. The number of carbonyl (C=O) groups excluding carboxylic acids is 2. The second-order valence-electron chi connectivity index (χ2n) is 3.48. The van der Waals surface area contributed by atoms with Gasteiger partial charge in [0.15, 0.2) is 11.6 Å². The second kappa shape index (κ2) is 4.49. The van der Waals surface area contributed by atoms with Gasteiger partial charge >= 0.3 is 0 Å². The Morgan fingerprint density at radius 2 is 1.81 bits per heavy atom. The molecular weight excluding hydrogens is 220 g/mol. The van der Waals surface area contributed by atoms with Crippen LogP contribution in [0.2, 0.25) is 0 Å². The zero-order valence-corrected chi connectivity index (χ0v) is 9.58. The maximum absolute atomic E-state index is 11.5. The van der Waals surface area contributed by atoms with Crippen molar-refractivity contribution in [2.24, 2.45) is 0 Å². The summed E-state index contributed by atoms with van der Waals surface area (Å²) in [4.78, 5) is 24.2. The summed E-state index contributed by atoms with van der Waals surface area (Å²) < 4.78 is 0. The van der Waals surface area contributed by atoms with E-state index in [4.69, 9.17) is 0 Å². The highest BCUT2D eigenvalue weighted by atomic mass is 32.2. The smallest absolute Gasteiger partial charge is 0.192 e. The van der Waals surface area contributed by atoms with Gasteiger partial charge in [-0.15, -0.1) is 0 Å². The van der Waals surface area contributed by atoms with Gasteiger partial charge in [-0.05, 0) is 30.7 Å². The largest absolute Gasteiger partial charge is 0.290 e. The zero-order valence-electron chi connectivity index (χ0n) is 8.77. The van der Waals surface area contributed by atoms with Crippen LogP contribution in [0.5, 0.6) is 0 Å². The number of thioether (sulfide) groups is 1. The highest BCUT2D eigenvalue weighted by Crippen LogP contribution is 2.30. The molecule has 0 spiro atoms. The van der Waals surface area contributed by atoms with Gasteiger partial charge in [0.2, 0.25) is 0 Å².